The van der Waals surface area contributed by atoms with Crippen molar-refractivity contribution >= 4 is 56.7 Å². The van der Waals surface area contributed by atoms with Gasteiger partial charge in [0.05, 0.1) is 10.2 Å². The molecule has 0 saturated heterocycles. The number of rotatable bonds is 4. The van der Waals surface area contributed by atoms with Crippen LogP contribution in [0, 0.1) is 0 Å². The second kappa shape index (κ2) is 6.73. The number of hydrogen-bond acceptors (Lipinski definition) is 5. The summed E-state index contributed by atoms with van der Waals surface area (Å²) in [5.74, 6) is -0.0957. The van der Waals surface area contributed by atoms with Crippen LogP contribution in [0.1, 0.15) is 10.4 Å². The summed E-state index contributed by atoms with van der Waals surface area (Å²) in [5.41, 5.74) is 2.42. The molecule has 0 saturated carbocycles. The molecule has 0 aliphatic carbocycles. The van der Waals surface area contributed by atoms with Gasteiger partial charge in [0.25, 0.3) is 5.91 Å². The van der Waals surface area contributed by atoms with E-state index in [0.29, 0.717) is 5.56 Å². The third-order valence-electron chi connectivity index (χ3n) is 3.15. The molecule has 0 spiro atoms. The molecule has 3 aromatic rings. The normalized spacial score (nSPS) is 10.8. The summed E-state index contributed by atoms with van der Waals surface area (Å²) in [4.78, 5) is 17.9. The van der Waals surface area contributed by atoms with Gasteiger partial charge in [-0.3, -0.25) is 4.79 Å². The van der Waals surface area contributed by atoms with Gasteiger partial charge in [-0.05, 0) is 55.0 Å². The molecule has 112 valence electrons. The number of thioether (sulfide) groups is 2. The second-order valence-electron chi connectivity index (χ2n) is 4.55. The van der Waals surface area contributed by atoms with Crippen molar-refractivity contribution < 1.29 is 4.79 Å². The number of fused-ring (bicyclic) bond motifs is 1. The first-order valence-corrected chi connectivity index (χ1v) is 9.86. The van der Waals surface area contributed by atoms with Gasteiger partial charge in [-0.1, -0.05) is 11.8 Å². The van der Waals surface area contributed by atoms with Crippen molar-refractivity contribution in [2.45, 2.75) is 9.24 Å². The van der Waals surface area contributed by atoms with E-state index < -0.39 is 0 Å². The Labute approximate surface area is 141 Å². The van der Waals surface area contributed by atoms with Crippen LogP contribution in [0.2, 0.25) is 0 Å². The Kier molecular flexibility index (Phi) is 4.71. The lowest BCUT2D eigenvalue weighted by molar-refractivity contribution is 0.102. The van der Waals surface area contributed by atoms with E-state index in [9.17, 15) is 4.79 Å². The summed E-state index contributed by atoms with van der Waals surface area (Å²) in [5, 5.41) is 2.94. The Balaban J connectivity index is 1.80. The van der Waals surface area contributed by atoms with E-state index in [1.165, 1.54) is 0 Å². The van der Waals surface area contributed by atoms with Crippen molar-refractivity contribution in [1.29, 1.82) is 0 Å². The molecule has 2 aromatic carbocycles. The zero-order chi connectivity index (χ0) is 15.5. The van der Waals surface area contributed by atoms with Gasteiger partial charge in [-0.2, -0.15) is 0 Å². The van der Waals surface area contributed by atoms with Crippen LogP contribution >= 0.6 is 34.9 Å². The maximum atomic E-state index is 12.3. The lowest BCUT2D eigenvalue weighted by atomic mass is 10.2. The molecule has 0 atom stereocenters. The molecule has 0 aliphatic heterocycles. The molecule has 0 unspecified atom stereocenters. The van der Waals surface area contributed by atoms with Gasteiger partial charge in [0.15, 0.2) is 4.34 Å². The zero-order valence-electron chi connectivity index (χ0n) is 12.1. The van der Waals surface area contributed by atoms with E-state index in [0.717, 1.165) is 25.1 Å². The quantitative estimate of drug-likeness (QED) is 0.676. The average molecular weight is 347 g/mol. The minimum absolute atomic E-state index is 0.0957. The Morgan fingerprint density at radius 1 is 1.09 bits per heavy atom. The molecule has 6 heteroatoms. The predicted octanol–water partition coefficient (Wildman–Crippen LogP) is 4.99. The molecular weight excluding hydrogens is 332 g/mol. The minimum atomic E-state index is -0.0957. The van der Waals surface area contributed by atoms with E-state index in [1.54, 1.807) is 34.9 Å². The molecule has 1 N–H and O–H groups in total. The highest BCUT2D eigenvalue weighted by Crippen LogP contribution is 2.30. The summed E-state index contributed by atoms with van der Waals surface area (Å²) >= 11 is 4.93. The number of amides is 1. The van der Waals surface area contributed by atoms with Crippen molar-refractivity contribution in [3.8, 4) is 0 Å². The van der Waals surface area contributed by atoms with Crippen molar-refractivity contribution in [3.63, 3.8) is 0 Å². The standard InChI is InChI=1S/C16H14N2OS3/c1-20-12-6-3-10(4-7-12)15(19)17-11-5-8-13-14(9-11)22-16(18-13)21-2/h3-9H,1-2H3,(H,17,19). The smallest absolute Gasteiger partial charge is 0.255 e. The third kappa shape index (κ3) is 3.29. The van der Waals surface area contributed by atoms with Gasteiger partial charge >= 0.3 is 0 Å². The number of nitrogens with one attached hydrogen (secondary N) is 1. The fourth-order valence-electron chi connectivity index (χ4n) is 2.01. The molecule has 1 aromatic heterocycles. The van der Waals surface area contributed by atoms with Crippen LogP contribution in [0.15, 0.2) is 51.7 Å². The van der Waals surface area contributed by atoms with Crippen LogP contribution in [0.4, 0.5) is 5.69 Å². The van der Waals surface area contributed by atoms with E-state index >= 15 is 0 Å². The molecule has 1 amide bonds. The number of carbonyl (C=O) groups excluding carboxylic acids is 1. The first kappa shape index (κ1) is 15.4. The third-order valence-corrected chi connectivity index (χ3v) is 5.90. The van der Waals surface area contributed by atoms with Gasteiger partial charge in [0.2, 0.25) is 0 Å². The average Bonchev–Trinajstić information content (AvgIpc) is 2.97. The summed E-state index contributed by atoms with van der Waals surface area (Å²) in [7, 11) is 0. The first-order chi connectivity index (χ1) is 10.7. The molecule has 3 nitrogen and oxygen atoms in total. The van der Waals surface area contributed by atoms with Crippen LogP contribution < -0.4 is 5.32 Å². The fourth-order valence-corrected chi connectivity index (χ4v) is 3.95. The SMILES string of the molecule is CSc1ccc(C(=O)Nc2ccc3nc(SC)sc3c2)cc1. The number of hydrogen-bond donors (Lipinski definition) is 1. The van der Waals surface area contributed by atoms with Crippen molar-refractivity contribution in [2.24, 2.45) is 0 Å². The van der Waals surface area contributed by atoms with Gasteiger partial charge in [0.1, 0.15) is 0 Å². The van der Waals surface area contributed by atoms with E-state index in [1.807, 2.05) is 55.0 Å². The predicted molar refractivity (Wildman–Crippen MR) is 97.6 cm³/mol. The highest BCUT2D eigenvalue weighted by molar-refractivity contribution is 8.00. The second-order valence-corrected chi connectivity index (χ2v) is 7.51. The molecule has 3 rings (SSSR count). The highest BCUT2D eigenvalue weighted by Gasteiger charge is 2.08. The maximum absolute atomic E-state index is 12.3. The maximum Gasteiger partial charge on any atom is 0.255 e. The van der Waals surface area contributed by atoms with Crippen LogP contribution in [0.25, 0.3) is 10.2 Å². The van der Waals surface area contributed by atoms with Crippen molar-refractivity contribution in [1.82, 2.24) is 4.98 Å². The minimum Gasteiger partial charge on any atom is -0.322 e. The summed E-state index contributed by atoms with van der Waals surface area (Å²) in [6, 6.07) is 13.4. The monoisotopic (exact) mass is 346 g/mol. The molecule has 0 bridgehead atoms. The van der Waals surface area contributed by atoms with Crippen LogP contribution in [-0.4, -0.2) is 23.4 Å². The van der Waals surface area contributed by atoms with E-state index in [4.69, 9.17) is 0 Å². The molecule has 0 radical (unpaired) electrons. The molecular formula is C16H14N2OS3. The lowest BCUT2D eigenvalue weighted by Crippen LogP contribution is -2.11. The number of anilines is 1. The number of benzene rings is 2. The largest absolute Gasteiger partial charge is 0.322 e. The van der Waals surface area contributed by atoms with Crippen molar-refractivity contribution in [3.05, 3.63) is 48.0 Å². The van der Waals surface area contributed by atoms with Gasteiger partial charge in [-0.15, -0.1) is 23.1 Å². The molecule has 0 fully saturated rings. The number of nitrogens with zero attached hydrogens (tertiary/aromatic N) is 1. The van der Waals surface area contributed by atoms with E-state index in [2.05, 4.69) is 10.3 Å². The van der Waals surface area contributed by atoms with Gasteiger partial charge < -0.3 is 5.32 Å². The summed E-state index contributed by atoms with van der Waals surface area (Å²) in [6.07, 6.45) is 4.03. The number of aromatic nitrogens is 1. The van der Waals surface area contributed by atoms with Gasteiger partial charge in [0, 0.05) is 16.1 Å². The zero-order valence-corrected chi connectivity index (χ0v) is 14.6. The number of thiazole rings is 1. The van der Waals surface area contributed by atoms with Gasteiger partial charge in [-0.25, -0.2) is 4.98 Å². The summed E-state index contributed by atoms with van der Waals surface area (Å²) < 4.78 is 2.12. The van der Waals surface area contributed by atoms with Crippen LogP contribution in [0.5, 0.6) is 0 Å². The van der Waals surface area contributed by atoms with Crippen LogP contribution in [0.3, 0.4) is 0 Å². The fraction of sp³-hybridized carbons (Fsp3) is 0.125. The Morgan fingerprint density at radius 2 is 1.86 bits per heavy atom. The Bertz CT molecular complexity index is 812. The number of carbonyl (C=O) groups is 1. The molecule has 1 heterocycles. The molecule has 0 aliphatic rings. The molecule has 22 heavy (non-hydrogen) atoms. The highest BCUT2D eigenvalue weighted by atomic mass is 32.2. The summed E-state index contributed by atoms with van der Waals surface area (Å²) in [6.45, 7) is 0. The van der Waals surface area contributed by atoms with Crippen molar-refractivity contribution in [2.75, 3.05) is 17.8 Å². The Morgan fingerprint density at radius 3 is 2.55 bits per heavy atom. The van der Waals surface area contributed by atoms with Crippen LogP contribution in [-0.2, 0) is 0 Å². The van der Waals surface area contributed by atoms with E-state index in [-0.39, 0.29) is 5.91 Å². The Hall–Kier alpha value is -1.50. The first-order valence-electron chi connectivity index (χ1n) is 6.59. The lowest BCUT2D eigenvalue weighted by Gasteiger charge is -2.05. The topological polar surface area (TPSA) is 42.0 Å².